The molecular formula is C56H37N3. The largest absolute Gasteiger partial charge is 0.283 e. The van der Waals surface area contributed by atoms with Crippen molar-refractivity contribution >= 4 is 70.8 Å². The third-order valence-corrected chi connectivity index (χ3v) is 12.4. The third-order valence-electron chi connectivity index (χ3n) is 12.4. The molecule has 2 aromatic heterocycles. The molecule has 276 valence electrons. The fraction of sp³-hybridized carbons (Fsp3) is 0.0357. The van der Waals surface area contributed by atoms with E-state index in [0.29, 0.717) is 5.78 Å². The molecule has 0 fully saturated rings. The molecule has 3 nitrogen and oxygen atoms in total. The summed E-state index contributed by atoms with van der Waals surface area (Å²) in [6.07, 6.45) is 10.3. The van der Waals surface area contributed by atoms with Crippen LogP contribution in [0, 0.1) is 0 Å². The fourth-order valence-electron chi connectivity index (χ4n) is 9.49. The summed E-state index contributed by atoms with van der Waals surface area (Å²) in [5, 5.41) is 12.5. The summed E-state index contributed by atoms with van der Waals surface area (Å²) in [5.74, 6) is 0.714. The minimum atomic E-state index is 0.714. The number of benzene rings is 9. The van der Waals surface area contributed by atoms with Crippen molar-refractivity contribution in [3.05, 3.63) is 212 Å². The second-order valence-corrected chi connectivity index (χ2v) is 15.7. The fourth-order valence-corrected chi connectivity index (χ4v) is 9.49. The molecule has 0 spiro atoms. The summed E-state index contributed by atoms with van der Waals surface area (Å²) in [7, 11) is 0. The maximum atomic E-state index is 5.14. The van der Waals surface area contributed by atoms with Crippen LogP contribution < -0.4 is 0 Å². The van der Waals surface area contributed by atoms with Crippen LogP contribution in [0.3, 0.4) is 0 Å². The van der Waals surface area contributed by atoms with Gasteiger partial charge in [0.25, 0.3) is 0 Å². The second-order valence-electron chi connectivity index (χ2n) is 15.7. The zero-order valence-electron chi connectivity index (χ0n) is 32.3. The zero-order chi connectivity index (χ0) is 38.9. The van der Waals surface area contributed by atoms with Crippen LogP contribution in [0.1, 0.15) is 24.1 Å². The summed E-state index contributed by atoms with van der Waals surface area (Å²) in [6.45, 7) is 0. The average Bonchev–Trinajstić information content (AvgIpc) is 3.70. The van der Waals surface area contributed by atoms with E-state index in [0.717, 1.165) is 29.8 Å². The molecule has 3 heteroatoms. The molecule has 0 aliphatic heterocycles. The van der Waals surface area contributed by atoms with Crippen LogP contribution in [-0.4, -0.2) is 14.4 Å². The Kier molecular flexibility index (Phi) is 7.67. The smallest absolute Gasteiger partial charge is 0.234 e. The number of allylic oxidation sites excluding steroid dienone is 4. The average molecular weight is 752 g/mol. The molecule has 0 saturated heterocycles. The summed E-state index contributed by atoms with van der Waals surface area (Å²) >= 11 is 0. The molecule has 9 aromatic carbocycles. The van der Waals surface area contributed by atoms with Gasteiger partial charge in [-0.1, -0.05) is 158 Å². The van der Waals surface area contributed by atoms with E-state index in [-0.39, 0.29) is 0 Å². The van der Waals surface area contributed by atoms with Crippen molar-refractivity contribution < 1.29 is 0 Å². The summed E-state index contributed by atoms with van der Waals surface area (Å²) in [5.41, 5.74) is 12.0. The number of hydrogen-bond acceptors (Lipinski definition) is 2. The Balaban J connectivity index is 1.04. The van der Waals surface area contributed by atoms with Crippen LogP contribution in [-0.2, 0) is 0 Å². The van der Waals surface area contributed by atoms with Crippen molar-refractivity contribution in [1.29, 1.82) is 0 Å². The molecule has 0 atom stereocenters. The summed E-state index contributed by atoms with van der Waals surface area (Å²) < 4.78 is 2.13. The molecule has 0 N–H and O–H groups in total. The number of aromatic nitrogens is 3. The third kappa shape index (κ3) is 5.58. The second kappa shape index (κ2) is 13.5. The van der Waals surface area contributed by atoms with E-state index in [1.54, 1.807) is 0 Å². The van der Waals surface area contributed by atoms with E-state index < -0.39 is 0 Å². The van der Waals surface area contributed by atoms with Crippen LogP contribution in [0.5, 0.6) is 0 Å². The van der Waals surface area contributed by atoms with Crippen molar-refractivity contribution in [1.82, 2.24) is 14.4 Å². The highest BCUT2D eigenvalue weighted by Crippen LogP contribution is 2.46. The van der Waals surface area contributed by atoms with E-state index in [9.17, 15) is 0 Å². The predicted molar refractivity (Wildman–Crippen MR) is 248 cm³/mol. The van der Waals surface area contributed by atoms with E-state index in [2.05, 4.69) is 198 Å². The molecule has 0 bridgehead atoms. The number of imidazole rings is 1. The Hall–Kier alpha value is -7.62. The predicted octanol–water partition coefficient (Wildman–Crippen LogP) is 14.8. The van der Waals surface area contributed by atoms with Crippen molar-refractivity contribution in [2.75, 3.05) is 0 Å². The number of rotatable bonds is 5. The standard InChI is InChI=1S/C56H37N3/c1-4-13-41-32-45(25-20-36(41)10-1)52-48-16-7-8-17-49(48)53(46-26-21-37-11-2-5-14-42(37)33-46)51-35-44(28-29-50(51)52)39-18-23-40(24-19-39)54-55(59-31-9-30-57-56(59)58-54)47-27-22-38-12-3-6-15-43(38)34-47/h1-18,20-23,25-35H,19,24H2. The minimum absolute atomic E-state index is 0.714. The highest BCUT2D eigenvalue weighted by atomic mass is 15.1. The van der Waals surface area contributed by atoms with Gasteiger partial charge in [0.05, 0.1) is 11.4 Å². The minimum Gasteiger partial charge on any atom is -0.283 e. The summed E-state index contributed by atoms with van der Waals surface area (Å²) in [6, 6.07) is 64.5. The Morgan fingerprint density at radius 3 is 1.49 bits per heavy atom. The highest BCUT2D eigenvalue weighted by molar-refractivity contribution is 6.22. The molecule has 1 aliphatic carbocycles. The molecule has 0 radical (unpaired) electrons. The number of fused-ring (bicyclic) bond motifs is 6. The Bertz CT molecular complexity index is 3570. The Labute approximate surface area is 341 Å². The summed E-state index contributed by atoms with van der Waals surface area (Å²) in [4.78, 5) is 9.80. The molecular weight excluding hydrogens is 715 g/mol. The van der Waals surface area contributed by atoms with Gasteiger partial charge >= 0.3 is 0 Å². The van der Waals surface area contributed by atoms with E-state index in [1.165, 1.54) is 92.8 Å². The van der Waals surface area contributed by atoms with Gasteiger partial charge in [-0.2, -0.15) is 0 Å². The monoisotopic (exact) mass is 751 g/mol. The lowest BCUT2D eigenvalue weighted by atomic mass is 9.83. The van der Waals surface area contributed by atoms with Crippen LogP contribution in [0.2, 0.25) is 0 Å². The van der Waals surface area contributed by atoms with Crippen LogP contribution >= 0.6 is 0 Å². The van der Waals surface area contributed by atoms with Gasteiger partial charge in [0, 0.05) is 18.0 Å². The topological polar surface area (TPSA) is 30.2 Å². The molecule has 59 heavy (non-hydrogen) atoms. The van der Waals surface area contributed by atoms with Gasteiger partial charge in [0.1, 0.15) is 0 Å². The normalized spacial score (nSPS) is 13.2. The lowest BCUT2D eigenvalue weighted by molar-refractivity contribution is 1.06. The molecule has 0 saturated carbocycles. The SMILES string of the molecule is C1=C(c2ccc3c(-c4ccc5ccccc5c4)c4ccccc4c(-c4ccc5ccccc5c4)c3c2)CCC(c2nc3ncccn3c2-c2ccc3ccccc3c2)=C1. The van der Waals surface area contributed by atoms with Crippen molar-refractivity contribution in [3.8, 4) is 33.5 Å². The molecule has 0 unspecified atom stereocenters. The first kappa shape index (κ1) is 33.5. The number of hydrogen-bond donors (Lipinski definition) is 0. The molecule has 11 aromatic rings. The van der Waals surface area contributed by atoms with E-state index in [4.69, 9.17) is 4.98 Å². The van der Waals surface area contributed by atoms with Crippen LogP contribution in [0.4, 0.5) is 0 Å². The lowest BCUT2D eigenvalue weighted by Gasteiger charge is -2.20. The molecule has 12 rings (SSSR count). The van der Waals surface area contributed by atoms with E-state index in [1.807, 2.05) is 12.3 Å². The quantitative estimate of drug-likeness (QED) is 0.164. The van der Waals surface area contributed by atoms with Gasteiger partial charge in [-0.15, -0.1) is 0 Å². The van der Waals surface area contributed by atoms with Gasteiger partial charge in [0.15, 0.2) is 0 Å². The first-order chi connectivity index (χ1) is 29.2. The first-order valence-corrected chi connectivity index (χ1v) is 20.4. The van der Waals surface area contributed by atoms with Gasteiger partial charge < -0.3 is 0 Å². The maximum absolute atomic E-state index is 5.14. The van der Waals surface area contributed by atoms with Crippen LogP contribution in [0.15, 0.2) is 200 Å². The Morgan fingerprint density at radius 1 is 0.390 bits per heavy atom. The van der Waals surface area contributed by atoms with Gasteiger partial charge in [-0.25, -0.2) is 9.97 Å². The molecule has 2 heterocycles. The number of nitrogens with zero attached hydrogens (tertiary/aromatic N) is 3. The first-order valence-electron chi connectivity index (χ1n) is 20.4. The molecule has 1 aliphatic rings. The Morgan fingerprint density at radius 2 is 0.881 bits per heavy atom. The van der Waals surface area contributed by atoms with E-state index >= 15 is 0 Å². The van der Waals surface area contributed by atoms with Crippen molar-refractivity contribution in [2.45, 2.75) is 12.8 Å². The lowest BCUT2D eigenvalue weighted by Crippen LogP contribution is -1.98. The van der Waals surface area contributed by atoms with Crippen LogP contribution in [0.25, 0.3) is 104 Å². The van der Waals surface area contributed by atoms with Crippen molar-refractivity contribution in [2.24, 2.45) is 0 Å². The van der Waals surface area contributed by atoms with Gasteiger partial charge in [0.2, 0.25) is 5.78 Å². The van der Waals surface area contributed by atoms with Gasteiger partial charge in [-0.3, -0.25) is 4.40 Å². The highest BCUT2D eigenvalue weighted by Gasteiger charge is 2.22. The maximum Gasteiger partial charge on any atom is 0.234 e. The van der Waals surface area contributed by atoms with Gasteiger partial charge in [-0.05, 0) is 136 Å². The molecule has 0 amide bonds. The zero-order valence-corrected chi connectivity index (χ0v) is 32.3. The van der Waals surface area contributed by atoms with Crippen molar-refractivity contribution in [3.63, 3.8) is 0 Å².